The third-order valence-electron chi connectivity index (χ3n) is 4.15. The highest BCUT2D eigenvalue weighted by Gasteiger charge is 2.30. The largest absolute Gasteiger partial charge is 0.394 e. The lowest BCUT2D eigenvalue weighted by Gasteiger charge is -2.34. The van der Waals surface area contributed by atoms with Crippen molar-refractivity contribution >= 4 is 5.91 Å². The number of halogens is 1. The zero-order valence-electron chi connectivity index (χ0n) is 14.4. The number of carbonyl (C=O) groups excluding carboxylic acids is 1. The average molecular weight is 338 g/mol. The molecular formula is C18H27FN2O3. The monoisotopic (exact) mass is 338 g/mol. The lowest BCUT2D eigenvalue weighted by atomic mass is 10.0. The van der Waals surface area contributed by atoms with Crippen molar-refractivity contribution < 1.29 is 19.0 Å². The molecule has 24 heavy (non-hydrogen) atoms. The Kier molecular flexibility index (Phi) is 7.15. The van der Waals surface area contributed by atoms with Crippen molar-refractivity contribution in [2.45, 2.75) is 32.4 Å². The molecule has 0 aliphatic carbocycles. The van der Waals surface area contributed by atoms with E-state index in [1.54, 1.807) is 12.1 Å². The van der Waals surface area contributed by atoms with Crippen molar-refractivity contribution in [2.75, 3.05) is 32.9 Å². The van der Waals surface area contributed by atoms with Crippen molar-refractivity contribution in [3.63, 3.8) is 0 Å². The van der Waals surface area contributed by atoms with Gasteiger partial charge in [-0.15, -0.1) is 0 Å². The predicted molar refractivity (Wildman–Crippen MR) is 90.0 cm³/mol. The Labute approximate surface area is 142 Å². The van der Waals surface area contributed by atoms with Crippen molar-refractivity contribution in [2.24, 2.45) is 5.92 Å². The van der Waals surface area contributed by atoms with Crippen LogP contribution >= 0.6 is 0 Å². The van der Waals surface area contributed by atoms with E-state index >= 15 is 0 Å². The van der Waals surface area contributed by atoms with Crippen LogP contribution in [0.3, 0.4) is 0 Å². The molecule has 1 aliphatic heterocycles. The topological polar surface area (TPSA) is 61.8 Å². The van der Waals surface area contributed by atoms with E-state index in [1.165, 1.54) is 12.1 Å². The molecule has 1 aliphatic rings. The smallest absolute Gasteiger partial charge is 0.242 e. The summed E-state index contributed by atoms with van der Waals surface area (Å²) in [6, 6.07) is 5.27. The first-order valence-electron chi connectivity index (χ1n) is 8.49. The first-order chi connectivity index (χ1) is 11.5. The Bertz CT molecular complexity index is 533. The van der Waals surface area contributed by atoms with Crippen molar-refractivity contribution in [3.8, 4) is 0 Å². The number of benzene rings is 1. The number of rotatable bonds is 7. The zero-order valence-corrected chi connectivity index (χ0v) is 14.4. The molecule has 2 rings (SSSR count). The maximum atomic E-state index is 13.6. The van der Waals surface area contributed by atoms with Gasteiger partial charge in [-0.3, -0.25) is 9.69 Å². The van der Waals surface area contributed by atoms with Crippen LogP contribution in [-0.4, -0.2) is 54.9 Å². The summed E-state index contributed by atoms with van der Waals surface area (Å²) in [5.41, 5.74) is 0.621. The van der Waals surface area contributed by atoms with Gasteiger partial charge in [-0.05, 0) is 30.0 Å². The Balaban J connectivity index is 2.19. The van der Waals surface area contributed by atoms with Gasteiger partial charge in [-0.2, -0.15) is 0 Å². The van der Waals surface area contributed by atoms with Gasteiger partial charge >= 0.3 is 0 Å². The van der Waals surface area contributed by atoms with E-state index in [0.717, 1.165) is 0 Å². The van der Waals surface area contributed by atoms with Gasteiger partial charge in [0.2, 0.25) is 5.91 Å². The van der Waals surface area contributed by atoms with Gasteiger partial charge in [0.05, 0.1) is 25.9 Å². The fourth-order valence-corrected chi connectivity index (χ4v) is 3.07. The molecule has 2 N–H and O–H groups in total. The molecule has 1 heterocycles. The Morgan fingerprint density at radius 2 is 2.08 bits per heavy atom. The summed E-state index contributed by atoms with van der Waals surface area (Å²) in [5, 5.41) is 12.4. The highest BCUT2D eigenvalue weighted by atomic mass is 19.1. The third kappa shape index (κ3) is 5.26. The van der Waals surface area contributed by atoms with E-state index in [4.69, 9.17) is 4.74 Å². The maximum Gasteiger partial charge on any atom is 0.242 e. The molecule has 1 saturated heterocycles. The van der Waals surface area contributed by atoms with Gasteiger partial charge in [0.25, 0.3) is 0 Å². The first-order valence-corrected chi connectivity index (χ1v) is 8.49. The number of morpholine rings is 1. The van der Waals surface area contributed by atoms with Crippen molar-refractivity contribution in [1.29, 1.82) is 0 Å². The van der Waals surface area contributed by atoms with Crippen molar-refractivity contribution in [1.82, 2.24) is 10.2 Å². The van der Waals surface area contributed by atoms with E-state index in [2.05, 4.69) is 5.32 Å². The molecule has 1 fully saturated rings. The molecule has 2 unspecified atom stereocenters. The molecule has 0 spiro atoms. The van der Waals surface area contributed by atoms with E-state index in [1.807, 2.05) is 18.7 Å². The van der Waals surface area contributed by atoms with Gasteiger partial charge in [0.1, 0.15) is 11.9 Å². The standard InChI is InChI=1S/C18H27FN2O3/c1-13(2)10-16(12-22)20-18(23)17(21-6-8-24-9-7-21)14-4-3-5-15(19)11-14/h3-5,11,13,16-17,22H,6-10,12H2,1-2H3,(H,20,23). The van der Waals surface area contributed by atoms with Gasteiger partial charge in [0.15, 0.2) is 0 Å². The van der Waals surface area contributed by atoms with Gasteiger partial charge in [-0.1, -0.05) is 26.0 Å². The van der Waals surface area contributed by atoms with Crippen LogP contribution in [0.5, 0.6) is 0 Å². The summed E-state index contributed by atoms with van der Waals surface area (Å²) in [5.74, 6) is -0.208. The van der Waals surface area contributed by atoms with E-state index in [-0.39, 0.29) is 24.4 Å². The second-order valence-electron chi connectivity index (χ2n) is 6.62. The van der Waals surface area contributed by atoms with Gasteiger partial charge in [0, 0.05) is 13.1 Å². The number of amides is 1. The van der Waals surface area contributed by atoms with Crippen LogP contribution in [0, 0.1) is 11.7 Å². The lowest BCUT2D eigenvalue weighted by Crippen LogP contribution is -2.49. The summed E-state index contributed by atoms with van der Waals surface area (Å²) in [6.45, 7) is 6.30. The number of aliphatic hydroxyl groups excluding tert-OH is 1. The first kappa shape index (κ1) is 18.8. The molecule has 0 radical (unpaired) electrons. The number of aliphatic hydroxyl groups is 1. The lowest BCUT2D eigenvalue weighted by molar-refractivity contribution is -0.129. The Morgan fingerprint density at radius 1 is 1.38 bits per heavy atom. The minimum Gasteiger partial charge on any atom is -0.394 e. The number of hydrogen-bond acceptors (Lipinski definition) is 4. The van der Waals surface area contributed by atoms with Crippen molar-refractivity contribution in [3.05, 3.63) is 35.6 Å². The molecule has 2 atom stereocenters. The molecule has 6 heteroatoms. The molecule has 5 nitrogen and oxygen atoms in total. The van der Waals surface area contributed by atoms with E-state index < -0.39 is 6.04 Å². The third-order valence-corrected chi connectivity index (χ3v) is 4.15. The molecule has 0 aromatic heterocycles. The maximum absolute atomic E-state index is 13.6. The summed E-state index contributed by atoms with van der Waals surface area (Å²) in [6.07, 6.45) is 0.696. The molecule has 0 bridgehead atoms. The number of nitrogens with zero attached hydrogens (tertiary/aromatic N) is 1. The summed E-state index contributed by atoms with van der Waals surface area (Å²) in [7, 11) is 0. The molecule has 1 aromatic carbocycles. The number of carbonyl (C=O) groups is 1. The average Bonchev–Trinajstić information content (AvgIpc) is 2.55. The van der Waals surface area contributed by atoms with Crippen LogP contribution in [0.15, 0.2) is 24.3 Å². The normalized spacial score (nSPS) is 18.4. The second-order valence-corrected chi connectivity index (χ2v) is 6.62. The molecule has 134 valence electrons. The molecule has 1 amide bonds. The van der Waals surface area contributed by atoms with Crippen LogP contribution in [0.1, 0.15) is 31.9 Å². The fraction of sp³-hybridized carbons (Fsp3) is 0.611. The second kappa shape index (κ2) is 9.11. The van der Waals surface area contributed by atoms with Gasteiger partial charge in [-0.25, -0.2) is 4.39 Å². The minimum atomic E-state index is -0.578. The summed E-state index contributed by atoms with van der Waals surface area (Å²) in [4.78, 5) is 14.9. The van der Waals surface area contributed by atoms with Gasteiger partial charge < -0.3 is 15.2 Å². The molecular weight excluding hydrogens is 311 g/mol. The highest BCUT2D eigenvalue weighted by Crippen LogP contribution is 2.23. The summed E-state index contributed by atoms with van der Waals surface area (Å²) < 4.78 is 19.0. The molecule has 0 saturated carbocycles. The minimum absolute atomic E-state index is 0.108. The SMILES string of the molecule is CC(C)CC(CO)NC(=O)C(c1cccc(F)c1)N1CCOCC1. The fourth-order valence-electron chi connectivity index (χ4n) is 3.07. The highest BCUT2D eigenvalue weighted by molar-refractivity contribution is 5.83. The van der Waals surface area contributed by atoms with Crippen LogP contribution < -0.4 is 5.32 Å². The Hall–Kier alpha value is -1.50. The van der Waals surface area contributed by atoms with Crippen LogP contribution in [-0.2, 0) is 9.53 Å². The van der Waals surface area contributed by atoms with Crippen LogP contribution in [0.25, 0.3) is 0 Å². The van der Waals surface area contributed by atoms with E-state index in [9.17, 15) is 14.3 Å². The quantitative estimate of drug-likeness (QED) is 0.795. The predicted octanol–water partition coefficient (Wildman–Crippen LogP) is 1.72. The number of ether oxygens (including phenoxy) is 1. The van der Waals surface area contributed by atoms with Crippen LogP contribution in [0.4, 0.5) is 4.39 Å². The number of hydrogen-bond donors (Lipinski definition) is 2. The van der Waals surface area contributed by atoms with Crippen LogP contribution in [0.2, 0.25) is 0 Å². The number of nitrogens with one attached hydrogen (secondary N) is 1. The Morgan fingerprint density at radius 3 is 2.67 bits per heavy atom. The van der Waals surface area contributed by atoms with E-state index in [0.29, 0.717) is 44.2 Å². The molecule has 1 aromatic rings. The zero-order chi connectivity index (χ0) is 17.5. The summed E-state index contributed by atoms with van der Waals surface area (Å²) >= 11 is 0.